The molecular formula is C15H26BrN3. The summed E-state index contributed by atoms with van der Waals surface area (Å²) in [7, 11) is 6.37. The zero-order chi connectivity index (χ0) is 14.4. The fourth-order valence-electron chi connectivity index (χ4n) is 2.24. The van der Waals surface area contributed by atoms with E-state index in [0.29, 0.717) is 6.54 Å². The molecule has 0 aliphatic heterocycles. The summed E-state index contributed by atoms with van der Waals surface area (Å²) in [6.45, 7) is 4.91. The molecule has 0 saturated heterocycles. The van der Waals surface area contributed by atoms with Gasteiger partial charge in [-0.15, -0.1) is 0 Å². The molecule has 0 aliphatic rings. The lowest BCUT2D eigenvalue weighted by Crippen LogP contribution is -2.32. The lowest BCUT2D eigenvalue weighted by molar-refractivity contribution is 0.234. The Morgan fingerprint density at radius 1 is 1.21 bits per heavy atom. The van der Waals surface area contributed by atoms with Crippen molar-refractivity contribution in [2.75, 3.05) is 40.8 Å². The second kappa shape index (κ2) is 8.00. The van der Waals surface area contributed by atoms with E-state index in [4.69, 9.17) is 5.73 Å². The number of benzene rings is 1. The molecule has 0 aliphatic carbocycles. The molecule has 2 N–H and O–H groups in total. The number of rotatable bonds is 7. The minimum Gasteiger partial charge on any atom is -0.329 e. The van der Waals surface area contributed by atoms with E-state index in [0.717, 1.165) is 24.0 Å². The summed E-state index contributed by atoms with van der Waals surface area (Å²) < 4.78 is 1.16. The maximum Gasteiger partial charge on any atom is 0.0478 e. The molecule has 1 atom stereocenters. The first-order valence-electron chi connectivity index (χ1n) is 6.76. The third-order valence-electron chi connectivity index (χ3n) is 3.39. The molecule has 0 heterocycles. The molecule has 0 radical (unpaired) electrons. The van der Waals surface area contributed by atoms with E-state index in [1.807, 2.05) is 0 Å². The zero-order valence-electron chi connectivity index (χ0n) is 12.5. The normalized spacial score (nSPS) is 13.3. The largest absolute Gasteiger partial charge is 0.329 e. The molecule has 0 spiro atoms. The number of aryl methyl sites for hydroxylation is 1. The highest BCUT2D eigenvalue weighted by molar-refractivity contribution is 9.10. The van der Waals surface area contributed by atoms with Gasteiger partial charge in [-0.2, -0.15) is 0 Å². The summed E-state index contributed by atoms with van der Waals surface area (Å²) in [5.74, 6) is 0. The number of hydrogen-bond donors (Lipinski definition) is 1. The second-order valence-electron chi connectivity index (χ2n) is 5.41. The molecule has 1 unspecified atom stereocenters. The molecule has 0 bridgehead atoms. The molecule has 19 heavy (non-hydrogen) atoms. The van der Waals surface area contributed by atoms with Gasteiger partial charge in [0.2, 0.25) is 0 Å². The first-order chi connectivity index (χ1) is 8.95. The summed E-state index contributed by atoms with van der Waals surface area (Å²) in [6, 6.07) is 6.76. The Labute approximate surface area is 125 Å². The number of likely N-dealkylation sites (N-methyl/N-ethyl adjacent to an activating group) is 1. The van der Waals surface area contributed by atoms with Crippen LogP contribution in [0.5, 0.6) is 0 Å². The highest BCUT2D eigenvalue weighted by Crippen LogP contribution is 2.27. The molecule has 0 amide bonds. The van der Waals surface area contributed by atoms with Crippen molar-refractivity contribution >= 4 is 15.9 Å². The van der Waals surface area contributed by atoms with Crippen molar-refractivity contribution in [1.82, 2.24) is 9.80 Å². The van der Waals surface area contributed by atoms with Gasteiger partial charge < -0.3 is 10.6 Å². The Morgan fingerprint density at radius 3 is 2.42 bits per heavy atom. The summed E-state index contributed by atoms with van der Waals surface area (Å²) in [5, 5.41) is 0. The fraction of sp³-hybridized carbons (Fsp3) is 0.600. The molecule has 4 heteroatoms. The number of nitrogens with zero attached hydrogens (tertiary/aromatic N) is 2. The van der Waals surface area contributed by atoms with Crippen molar-refractivity contribution in [3.8, 4) is 0 Å². The van der Waals surface area contributed by atoms with E-state index >= 15 is 0 Å². The highest BCUT2D eigenvalue weighted by atomic mass is 79.9. The molecule has 0 saturated carbocycles. The van der Waals surface area contributed by atoms with E-state index < -0.39 is 0 Å². The average molecular weight is 328 g/mol. The van der Waals surface area contributed by atoms with Gasteiger partial charge in [-0.25, -0.2) is 0 Å². The predicted octanol–water partition coefficient (Wildman–Crippen LogP) is 2.64. The molecule has 0 fully saturated rings. The topological polar surface area (TPSA) is 32.5 Å². The number of halogens is 1. The minimum absolute atomic E-state index is 0.275. The standard InChI is InChI=1S/C15H26BrN3/c1-12-6-7-13(14(16)10-12)15(11-17)19(4)9-5-8-18(2)3/h6-7,10,15H,5,8-9,11,17H2,1-4H3. The lowest BCUT2D eigenvalue weighted by atomic mass is 10.0. The molecule has 0 aromatic heterocycles. The van der Waals surface area contributed by atoms with Gasteiger partial charge in [0.1, 0.15) is 0 Å². The van der Waals surface area contributed by atoms with Gasteiger partial charge in [0.15, 0.2) is 0 Å². The van der Waals surface area contributed by atoms with Gasteiger partial charge in [0.25, 0.3) is 0 Å². The lowest BCUT2D eigenvalue weighted by Gasteiger charge is -2.28. The Morgan fingerprint density at radius 2 is 1.89 bits per heavy atom. The minimum atomic E-state index is 0.275. The summed E-state index contributed by atoms with van der Waals surface area (Å²) >= 11 is 3.66. The predicted molar refractivity (Wildman–Crippen MR) is 86.5 cm³/mol. The van der Waals surface area contributed by atoms with Gasteiger partial charge in [-0.05, 0) is 64.8 Å². The fourth-order valence-corrected chi connectivity index (χ4v) is 3.00. The molecule has 1 rings (SSSR count). The molecule has 1 aromatic rings. The first kappa shape index (κ1) is 16.6. The quantitative estimate of drug-likeness (QED) is 0.835. The van der Waals surface area contributed by atoms with Crippen LogP contribution in [-0.4, -0.2) is 50.6 Å². The van der Waals surface area contributed by atoms with Gasteiger partial charge in [-0.1, -0.05) is 28.1 Å². The van der Waals surface area contributed by atoms with Crippen LogP contribution in [0.2, 0.25) is 0 Å². The van der Waals surface area contributed by atoms with Crippen LogP contribution in [0.25, 0.3) is 0 Å². The molecule has 1 aromatic carbocycles. The Bertz CT molecular complexity index is 393. The van der Waals surface area contributed by atoms with Crippen LogP contribution in [0.15, 0.2) is 22.7 Å². The van der Waals surface area contributed by atoms with E-state index in [1.54, 1.807) is 0 Å². The van der Waals surface area contributed by atoms with Crippen molar-refractivity contribution in [3.63, 3.8) is 0 Å². The first-order valence-corrected chi connectivity index (χ1v) is 7.56. The van der Waals surface area contributed by atoms with E-state index in [2.05, 4.69) is 72.0 Å². The van der Waals surface area contributed by atoms with Crippen LogP contribution in [0.3, 0.4) is 0 Å². The van der Waals surface area contributed by atoms with Gasteiger partial charge in [-0.3, -0.25) is 4.90 Å². The maximum absolute atomic E-state index is 5.97. The van der Waals surface area contributed by atoms with E-state index in [1.165, 1.54) is 11.1 Å². The van der Waals surface area contributed by atoms with Crippen molar-refractivity contribution < 1.29 is 0 Å². The van der Waals surface area contributed by atoms with Crippen LogP contribution >= 0.6 is 15.9 Å². The SMILES string of the molecule is Cc1ccc(C(CN)N(C)CCCN(C)C)c(Br)c1. The highest BCUT2D eigenvalue weighted by Gasteiger charge is 2.17. The van der Waals surface area contributed by atoms with Crippen molar-refractivity contribution in [2.45, 2.75) is 19.4 Å². The van der Waals surface area contributed by atoms with Crippen LogP contribution in [0.1, 0.15) is 23.6 Å². The average Bonchev–Trinajstić information content (AvgIpc) is 2.32. The second-order valence-corrected chi connectivity index (χ2v) is 6.27. The third-order valence-corrected chi connectivity index (χ3v) is 4.07. The monoisotopic (exact) mass is 327 g/mol. The van der Waals surface area contributed by atoms with Crippen molar-refractivity contribution in [2.24, 2.45) is 5.73 Å². The smallest absolute Gasteiger partial charge is 0.0478 e. The number of hydrogen-bond acceptors (Lipinski definition) is 3. The molecule has 3 nitrogen and oxygen atoms in total. The zero-order valence-corrected chi connectivity index (χ0v) is 14.1. The van der Waals surface area contributed by atoms with Crippen molar-refractivity contribution in [1.29, 1.82) is 0 Å². The van der Waals surface area contributed by atoms with Gasteiger partial charge in [0.05, 0.1) is 0 Å². The Kier molecular flexibility index (Phi) is 7.00. The van der Waals surface area contributed by atoms with E-state index in [-0.39, 0.29) is 6.04 Å². The molecular weight excluding hydrogens is 302 g/mol. The third kappa shape index (κ3) is 5.22. The Balaban J connectivity index is 2.70. The van der Waals surface area contributed by atoms with E-state index in [9.17, 15) is 0 Å². The maximum atomic E-state index is 5.97. The van der Waals surface area contributed by atoms with Crippen molar-refractivity contribution in [3.05, 3.63) is 33.8 Å². The van der Waals surface area contributed by atoms with Crippen LogP contribution < -0.4 is 5.73 Å². The van der Waals surface area contributed by atoms with Crippen LogP contribution in [0, 0.1) is 6.92 Å². The van der Waals surface area contributed by atoms with Gasteiger partial charge in [0, 0.05) is 17.1 Å². The van der Waals surface area contributed by atoms with Crippen LogP contribution in [0.4, 0.5) is 0 Å². The Hall–Kier alpha value is -0.420. The summed E-state index contributed by atoms with van der Waals surface area (Å²) in [4.78, 5) is 4.56. The van der Waals surface area contributed by atoms with Crippen LogP contribution in [-0.2, 0) is 0 Å². The van der Waals surface area contributed by atoms with Gasteiger partial charge >= 0.3 is 0 Å². The summed E-state index contributed by atoms with van der Waals surface area (Å²) in [6.07, 6.45) is 1.16. The molecule has 108 valence electrons. The number of nitrogens with two attached hydrogens (primary N) is 1. The summed E-state index contributed by atoms with van der Waals surface area (Å²) in [5.41, 5.74) is 8.51.